The second kappa shape index (κ2) is 4.48. The van der Waals surface area contributed by atoms with E-state index >= 15 is 0 Å². The minimum atomic E-state index is -0.645. The summed E-state index contributed by atoms with van der Waals surface area (Å²) in [6, 6.07) is 0. The molecule has 5 nitrogen and oxygen atoms in total. The summed E-state index contributed by atoms with van der Waals surface area (Å²) in [6.07, 6.45) is -0.396. The molecule has 2 amide bonds. The standard InChI is InChI=1S/C7H11NO4/c1-5(9)8(2)6(10)4-7(11)12-3/h4H2,1-3H3. The van der Waals surface area contributed by atoms with Crippen molar-refractivity contribution in [2.45, 2.75) is 13.3 Å². The Labute approximate surface area is 70.3 Å². The minimum Gasteiger partial charge on any atom is -0.469 e. The third kappa shape index (κ3) is 3.14. The number of esters is 1. The van der Waals surface area contributed by atoms with Gasteiger partial charge in [-0.2, -0.15) is 0 Å². The van der Waals surface area contributed by atoms with Gasteiger partial charge in [-0.3, -0.25) is 19.3 Å². The first-order valence-electron chi connectivity index (χ1n) is 3.33. The molecule has 0 aromatic carbocycles. The number of imide groups is 1. The molecule has 0 radical (unpaired) electrons. The van der Waals surface area contributed by atoms with Crippen molar-refractivity contribution in [1.82, 2.24) is 4.90 Å². The van der Waals surface area contributed by atoms with Gasteiger partial charge in [0.25, 0.3) is 0 Å². The number of carbonyl (C=O) groups is 3. The maximum Gasteiger partial charge on any atom is 0.315 e. The summed E-state index contributed by atoms with van der Waals surface area (Å²) in [7, 11) is 2.50. The fourth-order valence-corrected chi connectivity index (χ4v) is 0.490. The number of methoxy groups -OCH3 is 1. The zero-order chi connectivity index (χ0) is 9.72. The molecule has 0 aliphatic rings. The molecular weight excluding hydrogens is 162 g/mol. The largest absolute Gasteiger partial charge is 0.469 e. The van der Waals surface area contributed by atoms with Crippen LogP contribution >= 0.6 is 0 Å². The summed E-state index contributed by atoms with van der Waals surface area (Å²) in [5, 5.41) is 0. The van der Waals surface area contributed by atoms with E-state index in [1.807, 2.05) is 0 Å². The summed E-state index contributed by atoms with van der Waals surface area (Å²) < 4.78 is 4.25. The van der Waals surface area contributed by atoms with Crippen molar-refractivity contribution in [3.8, 4) is 0 Å². The number of amides is 2. The van der Waals surface area contributed by atoms with Gasteiger partial charge in [0.2, 0.25) is 11.8 Å². The van der Waals surface area contributed by atoms with Crippen molar-refractivity contribution in [2.75, 3.05) is 14.2 Å². The van der Waals surface area contributed by atoms with Crippen molar-refractivity contribution in [1.29, 1.82) is 0 Å². The normalized spacial score (nSPS) is 8.92. The van der Waals surface area contributed by atoms with E-state index in [2.05, 4.69) is 4.74 Å². The minimum absolute atomic E-state index is 0.396. The zero-order valence-corrected chi connectivity index (χ0v) is 7.29. The highest BCUT2D eigenvalue weighted by Gasteiger charge is 2.16. The Hall–Kier alpha value is -1.39. The highest BCUT2D eigenvalue weighted by atomic mass is 16.5. The molecule has 0 saturated carbocycles. The summed E-state index contributed by atoms with van der Waals surface area (Å²) in [6.45, 7) is 1.25. The molecule has 0 bridgehead atoms. The van der Waals surface area contributed by atoms with Crippen LogP contribution < -0.4 is 0 Å². The monoisotopic (exact) mass is 173 g/mol. The summed E-state index contributed by atoms with van der Waals surface area (Å²) in [5.74, 6) is -1.61. The highest BCUT2D eigenvalue weighted by Crippen LogP contribution is 1.92. The first kappa shape index (κ1) is 10.6. The number of hydrogen-bond donors (Lipinski definition) is 0. The van der Waals surface area contributed by atoms with E-state index in [0.717, 1.165) is 4.90 Å². The Morgan fingerprint density at radius 1 is 1.33 bits per heavy atom. The molecular formula is C7H11NO4. The van der Waals surface area contributed by atoms with Crippen molar-refractivity contribution < 1.29 is 19.1 Å². The molecule has 0 aromatic rings. The third-order valence-corrected chi connectivity index (χ3v) is 1.37. The molecule has 0 aliphatic heterocycles. The van der Waals surface area contributed by atoms with Gasteiger partial charge in [0.15, 0.2) is 0 Å². The van der Waals surface area contributed by atoms with Crippen molar-refractivity contribution in [2.24, 2.45) is 0 Å². The second-order valence-corrected chi connectivity index (χ2v) is 2.22. The first-order chi connectivity index (χ1) is 5.49. The first-order valence-corrected chi connectivity index (χ1v) is 3.33. The van der Waals surface area contributed by atoms with Crippen molar-refractivity contribution in [3.63, 3.8) is 0 Å². The van der Waals surface area contributed by atoms with E-state index < -0.39 is 24.2 Å². The molecule has 68 valence electrons. The van der Waals surface area contributed by atoms with Crippen LogP contribution in [0, 0.1) is 0 Å². The topological polar surface area (TPSA) is 63.7 Å². The Morgan fingerprint density at radius 3 is 2.17 bits per heavy atom. The fourth-order valence-electron chi connectivity index (χ4n) is 0.490. The highest BCUT2D eigenvalue weighted by molar-refractivity contribution is 6.01. The third-order valence-electron chi connectivity index (χ3n) is 1.37. The number of nitrogens with zero attached hydrogens (tertiary/aromatic N) is 1. The van der Waals surface area contributed by atoms with Crippen molar-refractivity contribution >= 4 is 17.8 Å². The van der Waals surface area contributed by atoms with E-state index in [4.69, 9.17) is 0 Å². The van der Waals surface area contributed by atoms with Crippen LogP contribution in [0.15, 0.2) is 0 Å². The molecule has 0 aromatic heterocycles. The number of hydrogen-bond acceptors (Lipinski definition) is 4. The molecule has 0 aliphatic carbocycles. The maximum absolute atomic E-state index is 11.0. The maximum atomic E-state index is 11.0. The van der Waals surface area contributed by atoms with E-state index in [1.54, 1.807) is 0 Å². The summed E-state index contributed by atoms with van der Waals surface area (Å²) >= 11 is 0. The molecule has 0 rings (SSSR count). The number of carbonyl (C=O) groups excluding carboxylic acids is 3. The summed E-state index contributed by atoms with van der Waals surface area (Å²) in [4.78, 5) is 33.0. The average Bonchev–Trinajstić information content (AvgIpc) is 2.02. The van der Waals surface area contributed by atoms with Crippen LogP contribution in [-0.4, -0.2) is 36.8 Å². The lowest BCUT2D eigenvalue weighted by atomic mass is 10.4. The van der Waals surface area contributed by atoms with Gasteiger partial charge in [0.05, 0.1) is 7.11 Å². The van der Waals surface area contributed by atoms with Crippen LogP contribution in [0.2, 0.25) is 0 Å². The van der Waals surface area contributed by atoms with Gasteiger partial charge >= 0.3 is 5.97 Å². The Bertz CT molecular complexity index is 211. The van der Waals surface area contributed by atoms with Crippen LogP contribution in [0.1, 0.15) is 13.3 Å². The van der Waals surface area contributed by atoms with Gasteiger partial charge in [-0.1, -0.05) is 0 Å². The molecule has 12 heavy (non-hydrogen) atoms. The van der Waals surface area contributed by atoms with E-state index in [0.29, 0.717) is 0 Å². The van der Waals surface area contributed by atoms with Crippen LogP contribution in [0.5, 0.6) is 0 Å². The summed E-state index contributed by atoms with van der Waals surface area (Å²) in [5.41, 5.74) is 0. The lowest BCUT2D eigenvalue weighted by Gasteiger charge is -2.10. The Morgan fingerprint density at radius 2 is 1.83 bits per heavy atom. The quantitative estimate of drug-likeness (QED) is 0.419. The average molecular weight is 173 g/mol. The van der Waals surface area contributed by atoms with Gasteiger partial charge in [-0.05, 0) is 0 Å². The molecule has 0 spiro atoms. The van der Waals surface area contributed by atoms with Crippen LogP contribution in [0.3, 0.4) is 0 Å². The fraction of sp³-hybridized carbons (Fsp3) is 0.571. The molecule has 0 saturated heterocycles. The lowest BCUT2D eigenvalue weighted by Crippen LogP contribution is -2.32. The van der Waals surface area contributed by atoms with Gasteiger partial charge in [0.1, 0.15) is 6.42 Å². The molecule has 0 unspecified atom stereocenters. The Kier molecular flexibility index (Phi) is 3.96. The van der Waals surface area contributed by atoms with Gasteiger partial charge in [-0.15, -0.1) is 0 Å². The van der Waals surface area contributed by atoms with Gasteiger partial charge < -0.3 is 4.74 Å². The van der Waals surface area contributed by atoms with Gasteiger partial charge in [-0.25, -0.2) is 0 Å². The van der Waals surface area contributed by atoms with Crippen LogP contribution in [0.25, 0.3) is 0 Å². The number of ether oxygens (including phenoxy) is 1. The predicted octanol–water partition coefficient (Wildman–Crippen LogP) is -0.446. The van der Waals surface area contributed by atoms with E-state index in [9.17, 15) is 14.4 Å². The molecule has 0 N–H and O–H groups in total. The Balaban J connectivity index is 4.04. The predicted molar refractivity (Wildman–Crippen MR) is 40.1 cm³/mol. The smallest absolute Gasteiger partial charge is 0.315 e. The van der Waals surface area contributed by atoms with Crippen LogP contribution in [0.4, 0.5) is 0 Å². The SMILES string of the molecule is COC(=O)CC(=O)N(C)C(C)=O. The second-order valence-electron chi connectivity index (χ2n) is 2.22. The van der Waals surface area contributed by atoms with E-state index in [1.165, 1.54) is 21.1 Å². The van der Waals surface area contributed by atoms with Crippen molar-refractivity contribution in [3.05, 3.63) is 0 Å². The van der Waals surface area contributed by atoms with E-state index in [-0.39, 0.29) is 0 Å². The molecule has 5 heteroatoms. The van der Waals surface area contributed by atoms with Crippen LogP contribution in [-0.2, 0) is 19.1 Å². The number of rotatable bonds is 2. The van der Waals surface area contributed by atoms with Gasteiger partial charge in [0, 0.05) is 14.0 Å². The lowest BCUT2D eigenvalue weighted by molar-refractivity contribution is -0.149. The molecule has 0 atom stereocenters. The zero-order valence-electron chi connectivity index (χ0n) is 7.29. The molecule has 0 fully saturated rings. The molecule has 0 heterocycles.